The molecule has 0 aromatic heterocycles. The Bertz CT molecular complexity index is 232. The van der Waals surface area contributed by atoms with Crippen molar-refractivity contribution in [2.75, 3.05) is 46.9 Å². The molecule has 2 aliphatic rings. The molecule has 1 saturated heterocycles. The van der Waals surface area contributed by atoms with E-state index in [2.05, 4.69) is 22.4 Å². The molecule has 0 bridgehead atoms. The highest BCUT2D eigenvalue weighted by molar-refractivity contribution is 4.96. The van der Waals surface area contributed by atoms with Crippen LogP contribution in [-0.4, -0.2) is 75.1 Å². The van der Waals surface area contributed by atoms with E-state index in [0.717, 1.165) is 39.2 Å². The van der Waals surface area contributed by atoms with Crippen molar-refractivity contribution in [2.24, 2.45) is 0 Å². The maximum atomic E-state index is 5.63. The fraction of sp³-hybridized carbons (Fsp3) is 1.00. The van der Waals surface area contributed by atoms with Crippen molar-refractivity contribution in [3.05, 3.63) is 0 Å². The summed E-state index contributed by atoms with van der Waals surface area (Å²) in [6.07, 6.45) is 1.53. The van der Waals surface area contributed by atoms with E-state index in [0.29, 0.717) is 6.04 Å². The van der Waals surface area contributed by atoms with Gasteiger partial charge in [0.2, 0.25) is 0 Å². The molecule has 0 radical (unpaired) electrons. The SMILES string of the molecule is CCOC1CC(NN2CCN(C)CC2)C1OC. The number of piperazine rings is 1. The van der Waals surface area contributed by atoms with Crippen molar-refractivity contribution in [2.45, 2.75) is 31.6 Å². The Kier molecular flexibility index (Phi) is 4.76. The molecular formula is C12H25N3O2. The van der Waals surface area contributed by atoms with Gasteiger partial charge in [-0.05, 0) is 20.4 Å². The van der Waals surface area contributed by atoms with Crippen molar-refractivity contribution < 1.29 is 9.47 Å². The fourth-order valence-electron chi connectivity index (χ4n) is 2.57. The molecule has 1 saturated carbocycles. The Hall–Kier alpha value is -0.200. The van der Waals surface area contributed by atoms with Gasteiger partial charge < -0.3 is 14.4 Å². The van der Waals surface area contributed by atoms with E-state index in [-0.39, 0.29) is 12.2 Å². The van der Waals surface area contributed by atoms with Crippen LogP contribution < -0.4 is 5.43 Å². The van der Waals surface area contributed by atoms with Crippen molar-refractivity contribution in [3.8, 4) is 0 Å². The smallest absolute Gasteiger partial charge is 0.100 e. The molecule has 1 aliphatic heterocycles. The van der Waals surface area contributed by atoms with Gasteiger partial charge in [0.05, 0.1) is 12.1 Å². The van der Waals surface area contributed by atoms with Gasteiger partial charge in [0.15, 0.2) is 0 Å². The largest absolute Gasteiger partial charge is 0.377 e. The Morgan fingerprint density at radius 1 is 1.24 bits per heavy atom. The number of hydrazine groups is 1. The summed E-state index contributed by atoms with van der Waals surface area (Å²) in [6, 6.07) is 0.417. The van der Waals surface area contributed by atoms with Crippen LogP contribution in [-0.2, 0) is 9.47 Å². The highest BCUT2D eigenvalue weighted by atomic mass is 16.5. The molecule has 3 atom stereocenters. The van der Waals surface area contributed by atoms with E-state index in [9.17, 15) is 0 Å². The molecule has 1 heterocycles. The normalized spacial score (nSPS) is 35.8. The number of hydrogen-bond donors (Lipinski definition) is 1. The zero-order chi connectivity index (χ0) is 12.3. The zero-order valence-corrected chi connectivity index (χ0v) is 11.2. The molecule has 5 heteroatoms. The molecule has 5 nitrogen and oxygen atoms in total. The van der Waals surface area contributed by atoms with Crippen LogP contribution >= 0.6 is 0 Å². The number of methoxy groups -OCH3 is 1. The van der Waals surface area contributed by atoms with Crippen LogP contribution in [0.5, 0.6) is 0 Å². The monoisotopic (exact) mass is 243 g/mol. The third-order valence-corrected chi connectivity index (χ3v) is 3.75. The first kappa shape index (κ1) is 13.2. The topological polar surface area (TPSA) is 37.0 Å². The third kappa shape index (κ3) is 3.17. The van der Waals surface area contributed by atoms with Crippen LogP contribution in [0.4, 0.5) is 0 Å². The molecule has 100 valence electrons. The number of nitrogens with zero attached hydrogens (tertiary/aromatic N) is 2. The van der Waals surface area contributed by atoms with Gasteiger partial charge in [-0.3, -0.25) is 0 Å². The van der Waals surface area contributed by atoms with Crippen LogP contribution in [0.15, 0.2) is 0 Å². The van der Waals surface area contributed by atoms with Crippen LogP contribution in [0.3, 0.4) is 0 Å². The van der Waals surface area contributed by atoms with Gasteiger partial charge in [-0.1, -0.05) is 0 Å². The first-order chi connectivity index (χ1) is 8.24. The molecule has 3 unspecified atom stereocenters. The first-order valence-electron chi connectivity index (χ1n) is 6.58. The van der Waals surface area contributed by atoms with E-state index in [1.54, 1.807) is 7.11 Å². The van der Waals surface area contributed by atoms with Gasteiger partial charge in [-0.15, -0.1) is 0 Å². The predicted molar refractivity (Wildman–Crippen MR) is 66.8 cm³/mol. The van der Waals surface area contributed by atoms with Crippen molar-refractivity contribution in [1.29, 1.82) is 0 Å². The lowest BCUT2D eigenvalue weighted by atomic mass is 9.85. The van der Waals surface area contributed by atoms with Gasteiger partial charge in [-0.25, -0.2) is 10.4 Å². The number of nitrogens with one attached hydrogen (secondary N) is 1. The number of ether oxygens (including phenoxy) is 2. The lowest BCUT2D eigenvalue weighted by Gasteiger charge is -2.46. The number of likely N-dealkylation sites (N-methyl/N-ethyl adjacent to an activating group) is 1. The minimum absolute atomic E-state index is 0.203. The van der Waals surface area contributed by atoms with Gasteiger partial charge in [0.25, 0.3) is 0 Å². The van der Waals surface area contributed by atoms with Gasteiger partial charge in [-0.2, -0.15) is 0 Å². The summed E-state index contributed by atoms with van der Waals surface area (Å²) in [5, 5.41) is 2.32. The second-order valence-corrected chi connectivity index (χ2v) is 4.96. The number of rotatable bonds is 5. The maximum Gasteiger partial charge on any atom is 0.100 e. The van der Waals surface area contributed by atoms with E-state index in [1.165, 1.54) is 0 Å². The Balaban J connectivity index is 1.73. The van der Waals surface area contributed by atoms with Crippen LogP contribution in [0.25, 0.3) is 0 Å². The molecule has 0 aromatic rings. The lowest BCUT2D eigenvalue weighted by molar-refractivity contribution is -0.146. The summed E-state index contributed by atoms with van der Waals surface area (Å²) in [7, 11) is 3.94. The average molecular weight is 243 g/mol. The second-order valence-electron chi connectivity index (χ2n) is 4.96. The van der Waals surface area contributed by atoms with Crippen LogP contribution in [0.2, 0.25) is 0 Å². The highest BCUT2D eigenvalue weighted by Gasteiger charge is 2.42. The molecule has 1 N–H and O–H groups in total. The van der Waals surface area contributed by atoms with E-state index in [1.807, 2.05) is 6.92 Å². The molecule has 17 heavy (non-hydrogen) atoms. The Morgan fingerprint density at radius 2 is 1.94 bits per heavy atom. The van der Waals surface area contributed by atoms with E-state index < -0.39 is 0 Å². The molecule has 2 fully saturated rings. The average Bonchev–Trinajstić information content (AvgIpc) is 2.30. The van der Waals surface area contributed by atoms with Crippen LogP contribution in [0, 0.1) is 0 Å². The minimum atomic E-state index is 0.203. The first-order valence-corrected chi connectivity index (χ1v) is 6.58. The highest BCUT2D eigenvalue weighted by Crippen LogP contribution is 2.27. The lowest BCUT2D eigenvalue weighted by Crippen LogP contribution is -2.65. The molecule has 1 aliphatic carbocycles. The van der Waals surface area contributed by atoms with Gasteiger partial charge >= 0.3 is 0 Å². The summed E-state index contributed by atoms with van der Waals surface area (Å²) < 4.78 is 11.1. The van der Waals surface area contributed by atoms with Gasteiger partial charge in [0.1, 0.15) is 6.10 Å². The predicted octanol–water partition coefficient (Wildman–Crippen LogP) is -0.0692. The molecule has 0 amide bonds. The minimum Gasteiger partial charge on any atom is -0.377 e. The molecular weight excluding hydrogens is 218 g/mol. The zero-order valence-electron chi connectivity index (χ0n) is 11.2. The van der Waals surface area contributed by atoms with E-state index >= 15 is 0 Å². The third-order valence-electron chi connectivity index (χ3n) is 3.75. The quantitative estimate of drug-likeness (QED) is 0.731. The van der Waals surface area contributed by atoms with Gasteiger partial charge in [0, 0.05) is 39.9 Å². The molecule has 0 aromatic carbocycles. The van der Waals surface area contributed by atoms with Crippen molar-refractivity contribution in [1.82, 2.24) is 15.3 Å². The number of hydrogen-bond acceptors (Lipinski definition) is 5. The second kappa shape index (κ2) is 6.11. The summed E-state index contributed by atoms with van der Waals surface area (Å²) in [5.74, 6) is 0. The van der Waals surface area contributed by atoms with E-state index in [4.69, 9.17) is 9.47 Å². The van der Waals surface area contributed by atoms with Crippen molar-refractivity contribution >= 4 is 0 Å². The maximum absolute atomic E-state index is 5.63. The summed E-state index contributed by atoms with van der Waals surface area (Å²) in [5.41, 5.74) is 3.57. The standard InChI is InChI=1S/C12H25N3O2/c1-4-17-11-9-10(12(11)16-3)13-15-7-5-14(2)6-8-15/h10-13H,4-9H2,1-3H3. The summed E-state index contributed by atoms with van der Waals surface area (Å²) in [4.78, 5) is 2.36. The van der Waals surface area contributed by atoms with Crippen LogP contribution in [0.1, 0.15) is 13.3 Å². The summed E-state index contributed by atoms with van der Waals surface area (Å²) in [6.45, 7) is 7.24. The Morgan fingerprint density at radius 3 is 2.53 bits per heavy atom. The Labute approximate surface area is 104 Å². The fourth-order valence-corrected chi connectivity index (χ4v) is 2.57. The molecule has 0 spiro atoms. The summed E-state index contributed by atoms with van der Waals surface area (Å²) >= 11 is 0. The molecule has 2 rings (SSSR count). The van der Waals surface area contributed by atoms with Crippen molar-refractivity contribution in [3.63, 3.8) is 0 Å².